The van der Waals surface area contributed by atoms with Crippen LogP contribution in [0.5, 0.6) is 0 Å². The van der Waals surface area contributed by atoms with Crippen molar-refractivity contribution in [1.82, 2.24) is 9.38 Å². The number of hydrogen-bond acceptors (Lipinski definition) is 3. The van der Waals surface area contributed by atoms with E-state index in [0.717, 1.165) is 28.2 Å². The lowest BCUT2D eigenvalue weighted by Crippen LogP contribution is -1.99. The second-order valence-corrected chi connectivity index (χ2v) is 5.73. The summed E-state index contributed by atoms with van der Waals surface area (Å²) in [5, 5.41) is 0. The maximum absolute atomic E-state index is 11.7. The number of nitrogens with zero attached hydrogens (tertiary/aromatic N) is 2. The van der Waals surface area contributed by atoms with E-state index in [2.05, 4.69) is 19.1 Å². The highest BCUT2D eigenvalue weighted by Gasteiger charge is 2.12. The van der Waals surface area contributed by atoms with Crippen LogP contribution >= 0.6 is 0 Å². The largest absolute Gasteiger partial charge is 0.463 e. The van der Waals surface area contributed by atoms with Gasteiger partial charge in [-0.3, -0.25) is 4.40 Å². The van der Waals surface area contributed by atoms with Gasteiger partial charge in [0.2, 0.25) is 0 Å². The van der Waals surface area contributed by atoms with Gasteiger partial charge in [-0.1, -0.05) is 35.9 Å². The minimum atomic E-state index is -0.352. The summed E-state index contributed by atoms with van der Waals surface area (Å²) in [5.74, 6) is -0.352. The predicted octanol–water partition coefficient (Wildman–Crippen LogP) is 4.19. The van der Waals surface area contributed by atoms with Crippen LogP contribution in [-0.2, 0) is 9.53 Å². The van der Waals surface area contributed by atoms with Gasteiger partial charge < -0.3 is 4.74 Å². The number of benzene rings is 1. The molecule has 0 aliphatic heterocycles. The third-order valence-electron chi connectivity index (χ3n) is 3.79. The Bertz CT molecular complexity index is 905. The van der Waals surface area contributed by atoms with Crippen molar-refractivity contribution in [3.63, 3.8) is 0 Å². The van der Waals surface area contributed by atoms with Gasteiger partial charge in [0.25, 0.3) is 0 Å². The summed E-state index contributed by atoms with van der Waals surface area (Å²) in [6, 6.07) is 12.2. The number of carbonyl (C=O) groups is 1. The van der Waals surface area contributed by atoms with Gasteiger partial charge in [-0.25, -0.2) is 9.78 Å². The second kappa shape index (κ2) is 6.71. The Balaban J connectivity index is 2.15. The van der Waals surface area contributed by atoms with Crippen LogP contribution in [0.15, 0.2) is 48.7 Å². The van der Waals surface area contributed by atoms with Crippen LogP contribution in [0.25, 0.3) is 23.0 Å². The van der Waals surface area contributed by atoms with Crippen molar-refractivity contribution in [2.75, 3.05) is 6.61 Å². The number of fused-ring (bicyclic) bond motifs is 1. The first-order chi connectivity index (χ1) is 11.6. The summed E-state index contributed by atoms with van der Waals surface area (Å²) in [4.78, 5) is 16.4. The van der Waals surface area contributed by atoms with Gasteiger partial charge in [-0.15, -0.1) is 0 Å². The van der Waals surface area contributed by atoms with E-state index in [9.17, 15) is 4.79 Å². The Morgan fingerprint density at radius 1 is 1.12 bits per heavy atom. The van der Waals surface area contributed by atoms with Gasteiger partial charge >= 0.3 is 5.97 Å². The van der Waals surface area contributed by atoms with E-state index in [4.69, 9.17) is 9.72 Å². The zero-order valence-electron chi connectivity index (χ0n) is 14.1. The van der Waals surface area contributed by atoms with Gasteiger partial charge in [0, 0.05) is 17.8 Å². The highest BCUT2D eigenvalue weighted by Crippen LogP contribution is 2.26. The van der Waals surface area contributed by atoms with E-state index in [-0.39, 0.29) is 5.97 Å². The van der Waals surface area contributed by atoms with Crippen molar-refractivity contribution >= 4 is 17.7 Å². The normalized spacial score (nSPS) is 11.3. The SMILES string of the molecule is CCOC(=O)C=Cc1c(-c2ccc(C)cc2)nc2ccc(C)cn12. The van der Waals surface area contributed by atoms with E-state index in [0.29, 0.717) is 6.61 Å². The average Bonchev–Trinajstić information content (AvgIpc) is 2.91. The molecule has 0 atom stereocenters. The highest BCUT2D eigenvalue weighted by atomic mass is 16.5. The molecule has 2 aromatic heterocycles. The fourth-order valence-electron chi connectivity index (χ4n) is 2.59. The molecule has 4 nitrogen and oxygen atoms in total. The fraction of sp³-hybridized carbons (Fsp3) is 0.200. The first-order valence-corrected chi connectivity index (χ1v) is 7.99. The first kappa shape index (κ1) is 16.0. The molecule has 122 valence electrons. The monoisotopic (exact) mass is 320 g/mol. The molecule has 0 amide bonds. The number of ether oxygens (including phenoxy) is 1. The lowest BCUT2D eigenvalue weighted by atomic mass is 10.1. The molecule has 0 fully saturated rings. The van der Waals surface area contributed by atoms with Crippen molar-refractivity contribution in [1.29, 1.82) is 0 Å². The summed E-state index contributed by atoms with van der Waals surface area (Å²) in [6.07, 6.45) is 5.24. The summed E-state index contributed by atoms with van der Waals surface area (Å²) in [6.45, 7) is 6.24. The molecule has 0 spiro atoms. The number of aryl methyl sites for hydroxylation is 2. The average molecular weight is 320 g/mol. The molecule has 0 saturated carbocycles. The fourth-order valence-corrected chi connectivity index (χ4v) is 2.59. The minimum absolute atomic E-state index is 0.352. The molecule has 0 aliphatic carbocycles. The third-order valence-corrected chi connectivity index (χ3v) is 3.79. The quantitative estimate of drug-likeness (QED) is 0.534. The number of pyridine rings is 1. The molecule has 0 radical (unpaired) electrons. The Morgan fingerprint density at radius 2 is 1.83 bits per heavy atom. The van der Waals surface area contributed by atoms with Crippen LogP contribution in [0.4, 0.5) is 0 Å². The van der Waals surface area contributed by atoms with Crippen molar-refractivity contribution < 1.29 is 9.53 Å². The number of hydrogen-bond donors (Lipinski definition) is 0. The van der Waals surface area contributed by atoms with Crippen LogP contribution in [0.1, 0.15) is 23.7 Å². The van der Waals surface area contributed by atoms with Gasteiger partial charge in [-0.2, -0.15) is 0 Å². The van der Waals surface area contributed by atoms with E-state index < -0.39 is 0 Å². The minimum Gasteiger partial charge on any atom is -0.463 e. The molecule has 0 N–H and O–H groups in total. The first-order valence-electron chi connectivity index (χ1n) is 7.99. The van der Waals surface area contributed by atoms with Crippen LogP contribution in [0, 0.1) is 13.8 Å². The van der Waals surface area contributed by atoms with Crippen molar-refractivity contribution in [3.8, 4) is 11.3 Å². The van der Waals surface area contributed by atoms with Crippen molar-refractivity contribution in [3.05, 3.63) is 65.5 Å². The summed E-state index contributed by atoms with van der Waals surface area (Å²) < 4.78 is 6.98. The van der Waals surface area contributed by atoms with Crippen LogP contribution in [-0.4, -0.2) is 22.0 Å². The van der Waals surface area contributed by atoms with E-state index in [1.807, 2.05) is 41.8 Å². The Kier molecular flexibility index (Phi) is 4.47. The lowest BCUT2D eigenvalue weighted by Gasteiger charge is -2.02. The van der Waals surface area contributed by atoms with Gasteiger partial charge in [0.15, 0.2) is 0 Å². The highest BCUT2D eigenvalue weighted by molar-refractivity contribution is 5.88. The standard InChI is InChI=1S/C20H20N2O2/c1-4-24-19(23)12-10-17-20(16-8-5-14(2)6-9-16)21-18-11-7-15(3)13-22(17)18/h5-13H,4H2,1-3H3. The summed E-state index contributed by atoms with van der Waals surface area (Å²) in [7, 11) is 0. The molecule has 0 bridgehead atoms. The summed E-state index contributed by atoms with van der Waals surface area (Å²) in [5.41, 5.74) is 5.90. The van der Waals surface area contributed by atoms with Crippen LogP contribution in [0.3, 0.4) is 0 Å². The molecule has 0 unspecified atom stereocenters. The molecule has 3 aromatic rings. The van der Waals surface area contributed by atoms with Gasteiger partial charge in [0.05, 0.1) is 18.0 Å². The number of imidazole rings is 1. The smallest absolute Gasteiger partial charge is 0.330 e. The third kappa shape index (κ3) is 3.23. The number of rotatable bonds is 4. The van der Waals surface area contributed by atoms with Gasteiger partial charge in [0.1, 0.15) is 5.65 Å². The molecule has 24 heavy (non-hydrogen) atoms. The molecule has 3 rings (SSSR count). The predicted molar refractivity (Wildman–Crippen MR) is 95.8 cm³/mol. The van der Waals surface area contributed by atoms with E-state index in [1.165, 1.54) is 11.6 Å². The number of aromatic nitrogens is 2. The Labute approximate surface area is 141 Å². The lowest BCUT2D eigenvalue weighted by molar-refractivity contribution is -0.137. The summed E-state index contributed by atoms with van der Waals surface area (Å²) >= 11 is 0. The molecule has 0 saturated heterocycles. The van der Waals surface area contributed by atoms with E-state index >= 15 is 0 Å². The maximum atomic E-state index is 11.7. The second-order valence-electron chi connectivity index (χ2n) is 5.73. The Morgan fingerprint density at radius 3 is 2.54 bits per heavy atom. The molecule has 0 aliphatic rings. The van der Waals surface area contributed by atoms with Crippen molar-refractivity contribution in [2.24, 2.45) is 0 Å². The van der Waals surface area contributed by atoms with E-state index in [1.54, 1.807) is 13.0 Å². The Hall–Kier alpha value is -2.88. The van der Waals surface area contributed by atoms with Crippen LogP contribution < -0.4 is 0 Å². The number of carbonyl (C=O) groups excluding carboxylic acids is 1. The van der Waals surface area contributed by atoms with Crippen LogP contribution in [0.2, 0.25) is 0 Å². The molecular formula is C20H20N2O2. The van der Waals surface area contributed by atoms with Gasteiger partial charge in [-0.05, 0) is 38.5 Å². The molecular weight excluding hydrogens is 300 g/mol. The molecule has 1 aromatic carbocycles. The molecule has 2 heterocycles. The van der Waals surface area contributed by atoms with Crippen molar-refractivity contribution in [2.45, 2.75) is 20.8 Å². The molecule has 4 heteroatoms. The zero-order valence-corrected chi connectivity index (χ0v) is 14.1. The zero-order chi connectivity index (χ0) is 17.1. The topological polar surface area (TPSA) is 43.6 Å². The maximum Gasteiger partial charge on any atom is 0.330 e. The number of esters is 1.